The summed E-state index contributed by atoms with van der Waals surface area (Å²) >= 11 is 0. The molecule has 4 nitrogen and oxygen atoms in total. The van der Waals surface area contributed by atoms with E-state index < -0.39 is 0 Å². The molecule has 120 valence electrons. The van der Waals surface area contributed by atoms with Crippen LogP contribution in [0.3, 0.4) is 0 Å². The molecular formula is C18H25NO3. The summed E-state index contributed by atoms with van der Waals surface area (Å²) in [6, 6.07) is 8.18. The first-order valence-electron chi connectivity index (χ1n) is 7.82. The predicted octanol–water partition coefficient (Wildman–Crippen LogP) is 2.30. The van der Waals surface area contributed by atoms with Crippen LogP contribution in [-0.4, -0.2) is 37.4 Å². The van der Waals surface area contributed by atoms with Crippen LogP contribution in [0.25, 0.3) is 6.08 Å². The van der Waals surface area contributed by atoms with E-state index in [0.29, 0.717) is 32.6 Å². The molecular weight excluding hydrogens is 278 g/mol. The van der Waals surface area contributed by atoms with E-state index in [-0.39, 0.29) is 17.9 Å². The molecule has 2 rings (SSSR count). The number of aliphatic hydroxyl groups excluding tert-OH is 1. The third-order valence-electron chi connectivity index (χ3n) is 4.18. The van der Waals surface area contributed by atoms with Gasteiger partial charge in [0.05, 0.1) is 6.61 Å². The van der Waals surface area contributed by atoms with E-state index in [4.69, 9.17) is 9.84 Å². The zero-order chi connectivity index (χ0) is 15.8. The van der Waals surface area contributed by atoms with E-state index in [1.165, 1.54) is 5.56 Å². The molecule has 0 radical (unpaired) electrons. The van der Waals surface area contributed by atoms with E-state index >= 15 is 0 Å². The van der Waals surface area contributed by atoms with E-state index in [0.717, 1.165) is 12.0 Å². The topological polar surface area (TPSA) is 58.6 Å². The molecule has 1 saturated heterocycles. The summed E-state index contributed by atoms with van der Waals surface area (Å²) in [7, 11) is 0. The molecule has 0 bridgehead atoms. The summed E-state index contributed by atoms with van der Waals surface area (Å²) in [6.45, 7) is 4.09. The Labute approximate surface area is 132 Å². The molecule has 1 aromatic carbocycles. The van der Waals surface area contributed by atoms with Crippen molar-refractivity contribution < 1.29 is 14.6 Å². The molecule has 4 heteroatoms. The Morgan fingerprint density at radius 1 is 1.41 bits per heavy atom. The van der Waals surface area contributed by atoms with Gasteiger partial charge in [0, 0.05) is 31.6 Å². The highest BCUT2D eigenvalue weighted by Gasteiger charge is 2.34. The zero-order valence-electron chi connectivity index (χ0n) is 13.2. The molecule has 22 heavy (non-hydrogen) atoms. The molecule has 1 aliphatic rings. The number of hydrogen-bond acceptors (Lipinski definition) is 3. The maximum atomic E-state index is 11.9. The lowest BCUT2D eigenvalue weighted by atomic mass is 9.84. The van der Waals surface area contributed by atoms with Gasteiger partial charge in [0.2, 0.25) is 5.91 Å². The van der Waals surface area contributed by atoms with E-state index in [1.807, 2.05) is 24.3 Å². The highest BCUT2D eigenvalue weighted by Crippen LogP contribution is 2.31. The van der Waals surface area contributed by atoms with Crippen molar-refractivity contribution in [2.45, 2.75) is 26.2 Å². The molecule has 0 saturated carbocycles. The lowest BCUT2D eigenvalue weighted by Gasteiger charge is -2.26. The summed E-state index contributed by atoms with van der Waals surface area (Å²) in [5.41, 5.74) is 2.23. The van der Waals surface area contributed by atoms with Crippen molar-refractivity contribution in [1.29, 1.82) is 0 Å². The molecule has 2 N–H and O–H groups in total. The summed E-state index contributed by atoms with van der Waals surface area (Å²) < 4.78 is 5.42. The first-order chi connectivity index (χ1) is 10.6. The second kappa shape index (κ2) is 8.11. The minimum Gasteiger partial charge on any atom is -0.396 e. The molecule has 1 aliphatic heterocycles. The first-order valence-corrected chi connectivity index (χ1v) is 7.82. The zero-order valence-corrected chi connectivity index (χ0v) is 13.2. The second-order valence-electron chi connectivity index (χ2n) is 6.07. The van der Waals surface area contributed by atoms with Gasteiger partial charge in [-0.1, -0.05) is 42.0 Å². The molecule has 1 aromatic rings. The van der Waals surface area contributed by atoms with Crippen molar-refractivity contribution in [2.75, 3.05) is 26.4 Å². The molecule has 0 spiro atoms. The fourth-order valence-electron chi connectivity index (χ4n) is 2.65. The summed E-state index contributed by atoms with van der Waals surface area (Å²) in [6.07, 6.45) is 5.77. The molecule has 1 fully saturated rings. The maximum absolute atomic E-state index is 11.9. The largest absolute Gasteiger partial charge is 0.396 e. The number of rotatable bonds is 7. The number of benzene rings is 1. The van der Waals surface area contributed by atoms with Gasteiger partial charge < -0.3 is 15.2 Å². The summed E-state index contributed by atoms with van der Waals surface area (Å²) in [4.78, 5) is 11.9. The Morgan fingerprint density at radius 2 is 2.18 bits per heavy atom. The predicted molar refractivity (Wildman–Crippen MR) is 87.4 cm³/mol. The number of nitrogens with one attached hydrogen (secondary N) is 1. The van der Waals surface area contributed by atoms with Crippen LogP contribution in [0.1, 0.15) is 30.4 Å². The molecule has 1 atom stereocenters. The van der Waals surface area contributed by atoms with E-state index in [1.54, 1.807) is 0 Å². The summed E-state index contributed by atoms with van der Waals surface area (Å²) in [5.74, 6) is 0.00702. The Balaban J connectivity index is 1.76. The van der Waals surface area contributed by atoms with Crippen LogP contribution in [0.4, 0.5) is 0 Å². The van der Waals surface area contributed by atoms with Crippen molar-refractivity contribution in [3.63, 3.8) is 0 Å². The molecule has 1 heterocycles. The molecule has 1 unspecified atom stereocenters. The number of amides is 1. The number of carbonyl (C=O) groups is 1. The van der Waals surface area contributed by atoms with Crippen molar-refractivity contribution in [3.05, 3.63) is 41.5 Å². The quantitative estimate of drug-likeness (QED) is 0.812. The number of carbonyl (C=O) groups excluding carboxylic acids is 1. The first kappa shape index (κ1) is 16.7. The molecule has 0 aliphatic carbocycles. The van der Waals surface area contributed by atoms with Crippen LogP contribution < -0.4 is 5.32 Å². The average molecular weight is 303 g/mol. The van der Waals surface area contributed by atoms with Crippen LogP contribution in [0.15, 0.2) is 30.3 Å². The van der Waals surface area contributed by atoms with Crippen LogP contribution in [0.2, 0.25) is 0 Å². The highest BCUT2D eigenvalue weighted by molar-refractivity contribution is 5.78. The number of aliphatic hydroxyl groups is 1. The Hall–Kier alpha value is -1.65. The fourth-order valence-corrected chi connectivity index (χ4v) is 2.65. The van der Waals surface area contributed by atoms with Gasteiger partial charge in [-0.15, -0.1) is 0 Å². The smallest absolute Gasteiger partial charge is 0.223 e. The van der Waals surface area contributed by atoms with Gasteiger partial charge >= 0.3 is 0 Å². The standard InChI is InChI=1S/C18H25NO3/c1-15-5-7-16(8-6-15)3-2-4-17(21)19-13-18(9-11-20)10-12-22-14-18/h2-3,5-8,20H,4,9-14H2,1H3,(H,19,21)/b3-2+. The van der Waals surface area contributed by atoms with Crippen LogP contribution in [0, 0.1) is 12.3 Å². The van der Waals surface area contributed by atoms with Gasteiger partial charge in [-0.3, -0.25) is 4.79 Å². The fraction of sp³-hybridized carbons (Fsp3) is 0.500. The van der Waals surface area contributed by atoms with Crippen molar-refractivity contribution in [3.8, 4) is 0 Å². The van der Waals surface area contributed by atoms with Crippen molar-refractivity contribution >= 4 is 12.0 Å². The SMILES string of the molecule is Cc1ccc(/C=C/CC(=O)NCC2(CCO)CCOC2)cc1. The van der Waals surface area contributed by atoms with Crippen LogP contribution in [-0.2, 0) is 9.53 Å². The third kappa shape index (κ3) is 4.97. The van der Waals surface area contributed by atoms with E-state index in [9.17, 15) is 4.79 Å². The van der Waals surface area contributed by atoms with Gasteiger partial charge in [0.15, 0.2) is 0 Å². The van der Waals surface area contributed by atoms with Gasteiger partial charge in [0.25, 0.3) is 0 Å². The van der Waals surface area contributed by atoms with Crippen LogP contribution in [0.5, 0.6) is 0 Å². The van der Waals surface area contributed by atoms with Crippen molar-refractivity contribution in [2.24, 2.45) is 5.41 Å². The lowest BCUT2D eigenvalue weighted by Crippen LogP contribution is -2.38. The molecule has 1 amide bonds. The Morgan fingerprint density at radius 3 is 2.82 bits per heavy atom. The normalized spacial score (nSPS) is 21.4. The maximum Gasteiger partial charge on any atom is 0.223 e. The van der Waals surface area contributed by atoms with Gasteiger partial charge in [-0.25, -0.2) is 0 Å². The van der Waals surface area contributed by atoms with E-state index in [2.05, 4.69) is 24.4 Å². The highest BCUT2D eigenvalue weighted by atomic mass is 16.5. The number of hydrogen-bond donors (Lipinski definition) is 2. The second-order valence-corrected chi connectivity index (χ2v) is 6.07. The average Bonchev–Trinajstić information content (AvgIpc) is 2.97. The Bertz CT molecular complexity index is 502. The monoisotopic (exact) mass is 303 g/mol. The van der Waals surface area contributed by atoms with Gasteiger partial charge in [0.1, 0.15) is 0 Å². The summed E-state index contributed by atoms with van der Waals surface area (Å²) in [5, 5.41) is 12.1. The minimum atomic E-state index is -0.0922. The van der Waals surface area contributed by atoms with Crippen molar-refractivity contribution in [1.82, 2.24) is 5.32 Å². The van der Waals surface area contributed by atoms with Gasteiger partial charge in [-0.2, -0.15) is 0 Å². The minimum absolute atomic E-state index is 0.00702. The number of aryl methyl sites for hydroxylation is 1. The number of ether oxygens (including phenoxy) is 1. The van der Waals surface area contributed by atoms with Crippen LogP contribution >= 0.6 is 0 Å². The Kier molecular flexibility index (Phi) is 6.16. The molecule has 0 aromatic heterocycles. The lowest BCUT2D eigenvalue weighted by molar-refractivity contribution is -0.120. The third-order valence-corrected chi connectivity index (χ3v) is 4.18. The van der Waals surface area contributed by atoms with Gasteiger partial charge in [-0.05, 0) is 25.3 Å².